The van der Waals surface area contributed by atoms with E-state index in [0.29, 0.717) is 15.6 Å². The van der Waals surface area contributed by atoms with E-state index in [-0.39, 0.29) is 11.9 Å². The first-order valence-electron chi connectivity index (χ1n) is 10.1. The number of allylic oxidation sites excluding steroid dienone is 2. The van der Waals surface area contributed by atoms with Crippen LogP contribution in [-0.4, -0.2) is 19.3 Å². The van der Waals surface area contributed by atoms with Crippen LogP contribution < -0.4 is 5.32 Å². The summed E-state index contributed by atoms with van der Waals surface area (Å²) < 4.78 is 18.0. The van der Waals surface area contributed by atoms with Crippen LogP contribution in [0.5, 0.6) is 0 Å². The minimum atomic E-state index is -0.303. The number of aryl methyl sites for hydroxylation is 1. The van der Waals surface area contributed by atoms with Crippen LogP contribution in [0, 0.1) is 5.82 Å². The summed E-state index contributed by atoms with van der Waals surface area (Å²) in [4.78, 5) is 4.86. The summed E-state index contributed by atoms with van der Waals surface area (Å²) in [5, 5.41) is 8.98. The summed E-state index contributed by atoms with van der Waals surface area (Å²) in [5.74, 6) is 1.36. The van der Waals surface area contributed by atoms with E-state index in [4.69, 9.17) is 28.2 Å². The summed E-state index contributed by atoms with van der Waals surface area (Å²) >= 11 is 12.6. The molecule has 5 nitrogen and oxygen atoms in total. The van der Waals surface area contributed by atoms with Gasteiger partial charge >= 0.3 is 0 Å². The van der Waals surface area contributed by atoms with Crippen molar-refractivity contribution in [3.63, 3.8) is 0 Å². The fraction of sp³-hybridized carbons (Fsp3) is 0.217. The lowest BCUT2D eigenvalue weighted by Gasteiger charge is -2.30. The molecule has 3 heterocycles. The van der Waals surface area contributed by atoms with E-state index in [1.807, 2.05) is 29.8 Å². The summed E-state index contributed by atoms with van der Waals surface area (Å²) in [6.45, 7) is 4.89. The Hall–Kier alpha value is -2.83. The van der Waals surface area contributed by atoms with Crippen LogP contribution in [0.3, 0.4) is 0 Å². The van der Waals surface area contributed by atoms with Crippen molar-refractivity contribution < 1.29 is 4.39 Å². The highest BCUT2D eigenvalue weighted by Gasteiger charge is 2.32. The second kappa shape index (κ2) is 7.70. The normalized spacial score (nSPS) is 16.0. The molecule has 0 saturated carbocycles. The third kappa shape index (κ3) is 3.30. The highest BCUT2D eigenvalue weighted by molar-refractivity contribution is 6.42. The van der Waals surface area contributed by atoms with E-state index in [9.17, 15) is 4.39 Å². The maximum Gasteiger partial charge on any atom is 0.141 e. The van der Waals surface area contributed by atoms with Gasteiger partial charge in [0.1, 0.15) is 23.5 Å². The number of hydrogen-bond acceptors (Lipinski definition) is 3. The quantitative estimate of drug-likeness (QED) is 0.380. The first kappa shape index (κ1) is 20.1. The van der Waals surface area contributed by atoms with Crippen molar-refractivity contribution in [1.82, 2.24) is 19.3 Å². The van der Waals surface area contributed by atoms with Crippen LogP contribution in [0.15, 0.2) is 54.4 Å². The molecule has 0 radical (unpaired) electrons. The van der Waals surface area contributed by atoms with Crippen molar-refractivity contribution in [2.75, 3.05) is 5.32 Å². The highest BCUT2D eigenvalue weighted by Crippen LogP contribution is 2.42. The van der Waals surface area contributed by atoms with Gasteiger partial charge in [-0.1, -0.05) is 36.2 Å². The molecule has 0 fully saturated rings. The Morgan fingerprint density at radius 2 is 1.94 bits per heavy atom. The van der Waals surface area contributed by atoms with Gasteiger partial charge in [-0.2, -0.15) is 5.10 Å². The molecule has 2 aromatic carbocycles. The molecular weight excluding hydrogens is 436 g/mol. The van der Waals surface area contributed by atoms with Gasteiger partial charge in [0.05, 0.1) is 27.3 Å². The molecule has 2 aromatic heterocycles. The van der Waals surface area contributed by atoms with Gasteiger partial charge in [-0.3, -0.25) is 0 Å². The van der Waals surface area contributed by atoms with Crippen molar-refractivity contribution in [3.05, 3.63) is 81.6 Å². The van der Waals surface area contributed by atoms with Gasteiger partial charge < -0.3 is 9.88 Å². The Balaban J connectivity index is 1.78. The number of anilines is 1. The maximum absolute atomic E-state index is 13.9. The van der Waals surface area contributed by atoms with Crippen LogP contribution in [0.1, 0.15) is 37.7 Å². The number of imidazole rings is 1. The van der Waals surface area contributed by atoms with Crippen molar-refractivity contribution in [2.24, 2.45) is 0 Å². The number of nitrogens with one attached hydrogen (secondary N) is 1. The molecule has 8 heteroatoms. The van der Waals surface area contributed by atoms with Gasteiger partial charge in [0.2, 0.25) is 0 Å². The minimum Gasteiger partial charge on any atom is -0.344 e. The van der Waals surface area contributed by atoms with Crippen molar-refractivity contribution >= 4 is 45.6 Å². The van der Waals surface area contributed by atoms with Crippen molar-refractivity contribution in [2.45, 2.75) is 32.9 Å². The molecule has 0 bridgehead atoms. The number of hydrogen-bond donors (Lipinski definition) is 1. The van der Waals surface area contributed by atoms with E-state index in [1.165, 1.54) is 12.1 Å². The molecule has 0 amide bonds. The molecule has 5 rings (SSSR count). The van der Waals surface area contributed by atoms with E-state index in [1.54, 1.807) is 18.3 Å². The van der Waals surface area contributed by atoms with Crippen LogP contribution in [0.2, 0.25) is 10.0 Å². The van der Waals surface area contributed by atoms with Crippen LogP contribution in [0.4, 0.5) is 10.2 Å². The van der Waals surface area contributed by atoms with E-state index in [0.717, 1.165) is 47.0 Å². The number of rotatable bonds is 4. The maximum atomic E-state index is 13.9. The molecule has 1 aliphatic rings. The summed E-state index contributed by atoms with van der Waals surface area (Å²) in [6, 6.07) is 12.0. The van der Waals surface area contributed by atoms with E-state index in [2.05, 4.69) is 21.9 Å². The third-order valence-corrected chi connectivity index (χ3v) is 6.30. The summed E-state index contributed by atoms with van der Waals surface area (Å²) in [6.07, 6.45) is 2.67. The molecule has 1 atom stereocenters. The lowest BCUT2D eigenvalue weighted by molar-refractivity contribution is 0.605. The number of halogens is 3. The zero-order valence-electron chi connectivity index (χ0n) is 17.0. The third-order valence-electron chi connectivity index (χ3n) is 5.57. The first-order valence-corrected chi connectivity index (χ1v) is 10.9. The zero-order valence-corrected chi connectivity index (χ0v) is 18.5. The van der Waals surface area contributed by atoms with Gasteiger partial charge in [-0.15, -0.1) is 0 Å². The average Bonchev–Trinajstić information content (AvgIpc) is 3.33. The fourth-order valence-corrected chi connectivity index (χ4v) is 4.55. The number of fused-ring (bicyclic) bond motifs is 2. The Morgan fingerprint density at radius 1 is 1.10 bits per heavy atom. The zero-order chi connectivity index (χ0) is 21.7. The fourth-order valence-electron chi connectivity index (χ4n) is 4.24. The predicted molar refractivity (Wildman–Crippen MR) is 123 cm³/mol. The van der Waals surface area contributed by atoms with Gasteiger partial charge in [0, 0.05) is 29.9 Å². The van der Waals surface area contributed by atoms with Gasteiger partial charge in [-0.05, 0) is 43.2 Å². The average molecular weight is 456 g/mol. The molecule has 158 valence electrons. The van der Waals surface area contributed by atoms with E-state index >= 15 is 0 Å². The standard InChI is InChI=1S/C23H20Cl2FN5/c1-3-10-30-19-7-5-15(26)12-18(19)29-23(30)21-13(2)28-20-8-9-27-31(20)22(21)14-4-6-16(24)17(25)11-14/h4-9,11-12,22,28H,3,10H2,1-2H3. The lowest BCUT2D eigenvalue weighted by atomic mass is 9.94. The Labute approximate surface area is 189 Å². The lowest BCUT2D eigenvalue weighted by Crippen LogP contribution is -2.25. The van der Waals surface area contributed by atoms with Crippen molar-refractivity contribution in [1.29, 1.82) is 0 Å². The van der Waals surface area contributed by atoms with Gasteiger partial charge in [0.15, 0.2) is 0 Å². The van der Waals surface area contributed by atoms with Crippen LogP contribution >= 0.6 is 23.2 Å². The molecule has 0 aliphatic carbocycles. The van der Waals surface area contributed by atoms with Gasteiger partial charge in [-0.25, -0.2) is 14.1 Å². The van der Waals surface area contributed by atoms with Crippen molar-refractivity contribution in [3.8, 4) is 0 Å². The van der Waals surface area contributed by atoms with Crippen LogP contribution in [0.25, 0.3) is 16.6 Å². The second-order valence-electron chi connectivity index (χ2n) is 7.62. The van der Waals surface area contributed by atoms with E-state index < -0.39 is 0 Å². The largest absolute Gasteiger partial charge is 0.344 e. The highest BCUT2D eigenvalue weighted by atomic mass is 35.5. The monoisotopic (exact) mass is 455 g/mol. The first-order chi connectivity index (χ1) is 15.0. The topological polar surface area (TPSA) is 47.7 Å². The minimum absolute atomic E-state index is 0.265. The molecule has 1 aliphatic heterocycles. The number of aromatic nitrogens is 4. The number of benzene rings is 2. The van der Waals surface area contributed by atoms with Crippen LogP contribution in [-0.2, 0) is 6.54 Å². The van der Waals surface area contributed by atoms with Gasteiger partial charge in [0.25, 0.3) is 0 Å². The molecule has 1 unspecified atom stereocenters. The summed E-state index contributed by atoms with van der Waals surface area (Å²) in [7, 11) is 0. The Kier molecular flexibility index (Phi) is 4.99. The smallest absolute Gasteiger partial charge is 0.141 e. The Bertz CT molecular complexity index is 1340. The molecule has 1 N–H and O–H groups in total. The predicted octanol–water partition coefficient (Wildman–Crippen LogP) is 6.53. The number of nitrogens with zero attached hydrogens (tertiary/aromatic N) is 4. The molecule has 0 saturated heterocycles. The Morgan fingerprint density at radius 3 is 2.71 bits per heavy atom. The SMILES string of the molecule is CCCn1c(C2=C(C)Nc3ccnn3C2c2ccc(Cl)c(Cl)c2)nc2cc(F)ccc21. The molecular formula is C23H20Cl2FN5. The molecule has 4 aromatic rings. The summed E-state index contributed by atoms with van der Waals surface area (Å²) in [5.41, 5.74) is 4.38. The molecule has 0 spiro atoms. The second-order valence-corrected chi connectivity index (χ2v) is 8.44. The molecule has 31 heavy (non-hydrogen) atoms.